The first-order valence-electron chi connectivity index (χ1n) is 10.0. The van der Waals surface area contributed by atoms with E-state index < -0.39 is 0 Å². The molecule has 4 aromatic rings. The van der Waals surface area contributed by atoms with Gasteiger partial charge in [0, 0.05) is 61.5 Å². The lowest BCUT2D eigenvalue weighted by Crippen LogP contribution is -2.08. The SMILES string of the molecule is Cn1cc(-c2cccc(-c3ncc(-c4cnn(C)c4)c(NCCCCN)n3)c2)cn1. The van der Waals surface area contributed by atoms with Crippen LogP contribution in [0.2, 0.25) is 0 Å². The van der Waals surface area contributed by atoms with Crippen LogP contribution < -0.4 is 11.1 Å². The van der Waals surface area contributed by atoms with Gasteiger partial charge in [0.15, 0.2) is 5.82 Å². The molecule has 3 heterocycles. The van der Waals surface area contributed by atoms with Gasteiger partial charge in [0.05, 0.1) is 12.4 Å². The zero-order valence-corrected chi connectivity index (χ0v) is 17.3. The minimum atomic E-state index is 0.676. The Bertz CT molecular complexity index is 1130. The van der Waals surface area contributed by atoms with Crippen LogP contribution in [0.15, 0.2) is 55.2 Å². The fraction of sp³-hybridized carbons (Fsp3) is 0.273. The molecule has 0 aliphatic rings. The lowest BCUT2D eigenvalue weighted by Gasteiger charge is -2.12. The summed E-state index contributed by atoms with van der Waals surface area (Å²) in [5.41, 5.74) is 10.6. The highest BCUT2D eigenvalue weighted by Crippen LogP contribution is 2.29. The molecule has 1 aromatic carbocycles. The lowest BCUT2D eigenvalue weighted by atomic mass is 10.1. The van der Waals surface area contributed by atoms with Gasteiger partial charge in [-0.3, -0.25) is 9.36 Å². The number of aromatic nitrogens is 6. The van der Waals surface area contributed by atoms with Crippen LogP contribution in [0.4, 0.5) is 5.82 Å². The van der Waals surface area contributed by atoms with E-state index in [1.165, 1.54) is 0 Å². The van der Waals surface area contributed by atoms with Crippen molar-refractivity contribution in [2.24, 2.45) is 19.8 Å². The van der Waals surface area contributed by atoms with Gasteiger partial charge in [0.1, 0.15) is 5.82 Å². The molecule has 0 unspecified atom stereocenters. The van der Waals surface area contributed by atoms with Crippen molar-refractivity contribution in [1.82, 2.24) is 29.5 Å². The van der Waals surface area contributed by atoms with Crippen LogP contribution in [-0.2, 0) is 14.1 Å². The first-order chi connectivity index (χ1) is 14.6. The maximum Gasteiger partial charge on any atom is 0.161 e. The molecule has 0 aliphatic heterocycles. The molecule has 154 valence electrons. The smallest absolute Gasteiger partial charge is 0.161 e. The van der Waals surface area contributed by atoms with Crippen molar-refractivity contribution in [3.8, 4) is 33.6 Å². The Morgan fingerprint density at radius 3 is 2.33 bits per heavy atom. The second-order valence-electron chi connectivity index (χ2n) is 7.26. The summed E-state index contributed by atoms with van der Waals surface area (Å²) in [6, 6.07) is 8.20. The quantitative estimate of drug-likeness (QED) is 0.439. The van der Waals surface area contributed by atoms with Gasteiger partial charge in [-0.25, -0.2) is 9.97 Å². The van der Waals surface area contributed by atoms with Crippen molar-refractivity contribution in [1.29, 1.82) is 0 Å². The van der Waals surface area contributed by atoms with Crippen molar-refractivity contribution >= 4 is 5.82 Å². The predicted octanol–water partition coefficient (Wildman–Crippen LogP) is 3.10. The van der Waals surface area contributed by atoms with Crippen LogP contribution in [0.1, 0.15) is 12.8 Å². The van der Waals surface area contributed by atoms with E-state index in [4.69, 9.17) is 10.7 Å². The number of benzene rings is 1. The third kappa shape index (κ3) is 4.38. The van der Waals surface area contributed by atoms with Gasteiger partial charge >= 0.3 is 0 Å². The van der Waals surface area contributed by atoms with E-state index in [2.05, 4.69) is 32.6 Å². The average molecular weight is 403 g/mol. The number of unbranched alkanes of at least 4 members (excludes halogenated alkanes) is 1. The number of hydrogen-bond donors (Lipinski definition) is 2. The molecule has 8 nitrogen and oxygen atoms in total. The average Bonchev–Trinajstić information content (AvgIpc) is 3.39. The van der Waals surface area contributed by atoms with Gasteiger partial charge in [0.25, 0.3) is 0 Å². The fourth-order valence-corrected chi connectivity index (χ4v) is 3.31. The second-order valence-corrected chi connectivity index (χ2v) is 7.26. The first-order valence-corrected chi connectivity index (χ1v) is 10.0. The topological polar surface area (TPSA) is 99.5 Å². The van der Waals surface area contributed by atoms with Crippen LogP contribution in [0.5, 0.6) is 0 Å². The highest BCUT2D eigenvalue weighted by molar-refractivity contribution is 5.76. The van der Waals surface area contributed by atoms with E-state index in [9.17, 15) is 0 Å². The number of anilines is 1. The van der Waals surface area contributed by atoms with E-state index in [1.54, 1.807) is 9.36 Å². The maximum absolute atomic E-state index is 5.63. The standard InChI is InChI=1S/C22H26N8/c1-29-14-18(11-26-29)16-6-5-7-17(10-16)21-25-13-20(19-12-27-30(2)15-19)22(28-21)24-9-4-3-8-23/h5-7,10-15H,3-4,8-9,23H2,1-2H3,(H,24,25,28). The number of nitrogens with two attached hydrogens (primary N) is 1. The molecule has 0 atom stereocenters. The number of rotatable bonds is 8. The normalized spacial score (nSPS) is 11.0. The summed E-state index contributed by atoms with van der Waals surface area (Å²) in [6.45, 7) is 1.49. The molecule has 3 aromatic heterocycles. The zero-order chi connectivity index (χ0) is 20.9. The number of hydrogen-bond acceptors (Lipinski definition) is 6. The largest absolute Gasteiger partial charge is 0.369 e. The summed E-state index contributed by atoms with van der Waals surface area (Å²) in [4.78, 5) is 9.51. The van der Waals surface area contributed by atoms with Crippen LogP contribution in [0.25, 0.3) is 33.6 Å². The van der Waals surface area contributed by atoms with Crippen molar-refractivity contribution in [2.45, 2.75) is 12.8 Å². The predicted molar refractivity (Wildman–Crippen MR) is 119 cm³/mol. The molecule has 0 saturated carbocycles. The molecule has 0 spiro atoms. The third-order valence-electron chi connectivity index (χ3n) is 4.89. The maximum atomic E-state index is 5.63. The Morgan fingerprint density at radius 2 is 1.63 bits per heavy atom. The van der Waals surface area contributed by atoms with Crippen LogP contribution in [0, 0.1) is 0 Å². The van der Waals surface area contributed by atoms with E-state index in [1.807, 2.05) is 57.2 Å². The third-order valence-corrected chi connectivity index (χ3v) is 4.89. The molecule has 0 radical (unpaired) electrons. The Balaban J connectivity index is 1.68. The monoisotopic (exact) mass is 402 g/mol. The molecule has 0 aliphatic carbocycles. The summed E-state index contributed by atoms with van der Waals surface area (Å²) >= 11 is 0. The van der Waals surface area contributed by atoms with Gasteiger partial charge in [-0.15, -0.1) is 0 Å². The molecular formula is C22H26N8. The molecule has 0 fully saturated rings. The molecule has 0 bridgehead atoms. The van der Waals surface area contributed by atoms with E-state index >= 15 is 0 Å². The highest BCUT2D eigenvalue weighted by atomic mass is 15.2. The van der Waals surface area contributed by atoms with Crippen LogP contribution in [-0.4, -0.2) is 42.6 Å². The Morgan fingerprint density at radius 1 is 0.900 bits per heavy atom. The number of nitrogens with zero attached hydrogens (tertiary/aromatic N) is 6. The summed E-state index contributed by atoms with van der Waals surface area (Å²) in [7, 11) is 3.81. The Labute approximate surface area is 175 Å². The van der Waals surface area contributed by atoms with Crippen molar-refractivity contribution in [2.75, 3.05) is 18.4 Å². The number of aryl methyl sites for hydroxylation is 2. The van der Waals surface area contributed by atoms with Crippen LogP contribution >= 0.6 is 0 Å². The van der Waals surface area contributed by atoms with Gasteiger partial charge in [-0.05, 0) is 31.0 Å². The van der Waals surface area contributed by atoms with Gasteiger partial charge in [-0.1, -0.05) is 18.2 Å². The number of nitrogens with one attached hydrogen (secondary N) is 1. The molecule has 0 saturated heterocycles. The lowest BCUT2D eigenvalue weighted by molar-refractivity contribution is 0.768. The van der Waals surface area contributed by atoms with Crippen molar-refractivity contribution in [3.63, 3.8) is 0 Å². The molecule has 4 rings (SSSR count). The summed E-state index contributed by atoms with van der Waals surface area (Å²) in [5, 5.41) is 12.0. The van der Waals surface area contributed by atoms with E-state index in [0.29, 0.717) is 12.4 Å². The van der Waals surface area contributed by atoms with E-state index in [0.717, 1.165) is 53.0 Å². The van der Waals surface area contributed by atoms with Gasteiger partial charge in [-0.2, -0.15) is 10.2 Å². The Hall–Kier alpha value is -3.52. The molecule has 3 N–H and O–H groups in total. The fourth-order valence-electron chi connectivity index (χ4n) is 3.31. The van der Waals surface area contributed by atoms with E-state index in [-0.39, 0.29) is 0 Å². The second kappa shape index (κ2) is 8.87. The van der Waals surface area contributed by atoms with Crippen LogP contribution in [0.3, 0.4) is 0 Å². The van der Waals surface area contributed by atoms with Crippen molar-refractivity contribution < 1.29 is 0 Å². The van der Waals surface area contributed by atoms with Crippen molar-refractivity contribution in [3.05, 3.63) is 55.2 Å². The molecule has 0 amide bonds. The summed E-state index contributed by atoms with van der Waals surface area (Å²) < 4.78 is 3.57. The summed E-state index contributed by atoms with van der Waals surface area (Å²) in [6.07, 6.45) is 11.5. The molecule has 30 heavy (non-hydrogen) atoms. The highest BCUT2D eigenvalue weighted by Gasteiger charge is 2.13. The minimum absolute atomic E-state index is 0.676. The minimum Gasteiger partial charge on any atom is -0.369 e. The first kappa shape index (κ1) is 19.8. The van der Waals surface area contributed by atoms with Gasteiger partial charge < -0.3 is 11.1 Å². The van der Waals surface area contributed by atoms with Gasteiger partial charge in [0.2, 0.25) is 0 Å². The summed E-state index contributed by atoms with van der Waals surface area (Å²) in [5.74, 6) is 1.48. The zero-order valence-electron chi connectivity index (χ0n) is 17.3. The Kier molecular flexibility index (Phi) is 5.85. The molecular weight excluding hydrogens is 376 g/mol. The molecule has 8 heteroatoms.